The summed E-state index contributed by atoms with van der Waals surface area (Å²) in [6, 6.07) is 8.95. The van der Waals surface area contributed by atoms with Crippen LogP contribution in [0.5, 0.6) is 0 Å². The number of amides is 1. The monoisotopic (exact) mass is 407 g/mol. The summed E-state index contributed by atoms with van der Waals surface area (Å²) in [5.41, 5.74) is 1.65. The lowest BCUT2D eigenvalue weighted by Crippen LogP contribution is -2.16. The van der Waals surface area contributed by atoms with E-state index in [2.05, 4.69) is 38.1 Å². The second-order valence-corrected chi connectivity index (χ2v) is 6.57. The first-order valence-electron chi connectivity index (χ1n) is 7.51. The number of pyridine rings is 1. The Morgan fingerprint density at radius 1 is 1.46 bits per heavy atom. The lowest BCUT2D eigenvalue weighted by Gasteiger charge is -2.12. The molecule has 1 aliphatic heterocycles. The highest BCUT2D eigenvalue weighted by Crippen LogP contribution is 2.26. The predicted octanol–water partition coefficient (Wildman–Crippen LogP) is 4.31. The number of rotatable bonds is 4. The number of benzene rings is 1. The van der Waals surface area contributed by atoms with Gasteiger partial charge in [0.2, 0.25) is 5.90 Å². The summed E-state index contributed by atoms with van der Waals surface area (Å²) in [5.74, 6) is 0.207. The average Bonchev–Trinajstić information content (AvgIpc) is 3.05. The van der Waals surface area contributed by atoms with Crippen molar-refractivity contribution in [3.05, 3.63) is 57.3 Å². The van der Waals surface area contributed by atoms with Crippen LogP contribution in [-0.2, 0) is 4.74 Å². The third-order valence-corrected chi connectivity index (χ3v) is 4.44. The third-order valence-electron chi connectivity index (χ3n) is 3.65. The molecule has 0 saturated heterocycles. The van der Waals surface area contributed by atoms with E-state index in [1.807, 2.05) is 12.1 Å². The first-order valence-corrected chi connectivity index (χ1v) is 8.68. The molecule has 0 saturated carbocycles. The molecule has 7 heteroatoms. The number of ether oxygens (including phenoxy) is 1. The predicted molar refractivity (Wildman–Crippen MR) is 97.9 cm³/mol. The number of anilines is 1. The van der Waals surface area contributed by atoms with Gasteiger partial charge in [0.25, 0.3) is 5.91 Å². The maximum Gasteiger partial charge on any atom is 0.258 e. The fourth-order valence-corrected chi connectivity index (χ4v) is 2.89. The van der Waals surface area contributed by atoms with Crippen LogP contribution in [0.2, 0.25) is 5.15 Å². The van der Waals surface area contributed by atoms with E-state index in [0.29, 0.717) is 23.8 Å². The molecule has 1 aromatic carbocycles. The van der Waals surface area contributed by atoms with Crippen LogP contribution in [0.3, 0.4) is 0 Å². The van der Waals surface area contributed by atoms with Crippen molar-refractivity contribution in [2.24, 2.45) is 4.99 Å². The molecule has 0 spiro atoms. The topological polar surface area (TPSA) is 63.6 Å². The summed E-state index contributed by atoms with van der Waals surface area (Å²) in [6.45, 7) is 2.62. The van der Waals surface area contributed by atoms with Crippen molar-refractivity contribution in [3.8, 4) is 0 Å². The zero-order chi connectivity index (χ0) is 17.1. The van der Waals surface area contributed by atoms with Gasteiger partial charge in [-0.3, -0.25) is 4.79 Å². The molecular formula is C17H15BrClN3O2. The molecule has 1 atom stereocenters. The molecule has 1 unspecified atom stereocenters. The van der Waals surface area contributed by atoms with Gasteiger partial charge >= 0.3 is 0 Å². The average molecular weight is 409 g/mol. The maximum atomic E-state index is 12.5. The number of halogens is 2. The van der Waals surface area contributed by atoms with Crippen LogP contribution < -0.4 is 5.32 Å². The Morgan fingerprint density at radius 2 is 2.29 bits per heavy atom. The minimum Gasteiger partial charge on any atom is -0.475 e. The Labute approximate surface area is 153 Å². The Morgan fingerprint density at radius 3 is 3.00 bits per heavy atom. The van der Waals surface area contributed by atoms with Crippen LogP contribution >= 0.6 is 27.5 Å². The van der Waals surface area contributed by atoms with Crippen molar-refractivity contribution in [2.75, 3.05) is 11.9 Å². The van der Waals surface area contributed by atoms with Gasteiger partial charge < -0.3 is 10.1 Å². The van der Waals surface area contributed by atoms with Gasteiger partial charge in [0.1, 0.15) is 11.8 Å². The number of nitrogens with zero attached hydrogens (tertiary/aromatic N) is 2. The van der Waals surface area contributed by atoms with Crippen LogP contribution in [0.25, 0.3) is 0 Å². The molecule has 3 rings (SSSR count). The van der Waals surface area contributed by atoms with E-state index in [0.717, 1.165) is 16.5 Å². The zero-order valence-electron chi connectivity index (χ0n) is 12.9. The van der Waals surface area contributed by atoms with E-state index in [1.165, 1.54) is 6.20 Å². The molecule has 0 radical (unpaired) electrons. The van der Waals surface area contributed by atoms with Gasteiger partial charge in [0.15, 0.2) is 0 Å². The minimum absolute atomic E-state index is 0.148. The van der Waals surface area contributed by atoms with Crippen LogP contribution in [0.1, 0.15) is 29.3 Å². The molecule has 5 nitrogen and oxygen atoms in total. The second-order valence-electron chi connectivity index (χ2n) is 5.29. The van der Waals surface area contributed by atoms with Crippen molar-refractivity contribution in [2.45, 2.75) is 19.4 Å². The van der Waals surface area contributed by atoms with Gasteiger partial charge in [-0.2, -0.15) is 0 Å². The Kier molecular flexibility index (Phi) is 5.16. The normalized spacial score (nSPS) is 16.5. The van der Waals surface area contributed by atoms with Crippen molar-refractivity contribution >= 4 is 45.0 Å². The second kappa shape index (κ2) is 7.32. The summed E-state index contributed by atoms with van der Waals surface area (Å²) >= 11 is 9.43. The summed E-state index contributed by atoms with van der Waals surface area (Å²) < 4.78 is 6.56. The van der Waals surface area contributed by atoms with E-state index >= 15 is 0 Å². The molecule has 1 N–H and O–H groups in total. The highest BCUT2D eigenvalue weighted by Gasteiger charge is 2.22. The standard InChI is InChI=1S/C17H15BrClN3O2/c1-2-11-9-24-17(21-11)13-8-10(18)5-6-14(13)22-16(23)12-4-3-7-20-15(12)19/h3-8,11H,2,9H2,1H3,(H,22,23). The van der Waals surface area contributed by atoms with E-state index in [9.17, 15) is 4.79 Å². The lowest BCUT2D eigenvalue weighted by atomic mass is 10.1. The maximum absolute atomic E-state index is 12.5. The molecule has 0 bridgehead atoms. The highest BCUT2D eigenvalue weighted by atomic mass is 79.9. The number of aliphatic imine (C=N–C) groups is 1. The molecule has 0 aliphatic carbocycles. The van der Waals surface area contributed by atoms with E-state index in [1.54, 1.807) is 18.2 Å². The van der Waals surface area contributed by atoms with E-state index in [4.69, 9.17) is 16.3 Å². The minimum atomic E-state index is -0.331. The number of carbonyl (C=O) groups is 1. The van der Waals surface area contributed by atoms with E-state index in [-0.39, 0.29) is 17.1 Å². The van der Waals surface area contributed by atoms with Crippen LogP contribution in [0.15, 0.2) is 46.0 Å². The van der Waals surface area contributed by atoms with Crippen LogP contribution in [-0.4, -0.2) is 29.4 Å². The Hall–Kier alpha value is -1.92. The number of hydrogen-bond donors (Lipinski definition) is 1. The molecule has 1 amide bonds. The molecule has 124 valence electrons. The Balaban J connectivity index is 1.92. The SMILES string of the molecule is CCC1COC(c2cc(Br)ccc2NC(=O)c2cccnc2Cl)=N1. The summed E-state index contributed by atoms with van der Waals surface area (Å²) in [4.78, 5) is 21.0. The van der Waals surface area contributed by atoms with Gasteiger partial charge in [-0.1, -0.05) is 34.5 Å². The van der Waals surface area contributed by atoms with Crippen LogP contribution in [0.4, 0.5) is 5.69 Å². The number of hydrogen-bond acceptors (Lipinski definition) is 4. The molecule has 2 aromatic rings. The fraction of sp³-hybridized carbons (Fsp3) is 0.235. The molecular weight excluding hydrogens is 394 g/mol. The largest absolute Gasteiger partial charge is 0.475 e. The van der Waals surface area contributed by atoms with Gasteiger partial charge in [-0.25, -0.2) is 9.98 Å². The first kappa shape index (κ1) is 16.9. The van der Waals surface area contributed by atoms with Gasteiger partial charge in [0, 0.05) is 10.7 Å². The molecule has 1 aromatic heterocycles. The summed E-state index contributed by atoms with van der Waals surface area (Å²) in [6.07, 6.45) is 2.45. The number of nitrogens with one attached hydrogen (secondary N) is 1. The van der Waals surface area contributed by atoms with Crippen molar-refractivity contribution < 1.29 is 9.53 Å². The van der Waals surface area contributed by atoms with Gasteiger partial charge in [0.05, 0.1) is 22.9 Å². The van der Waals surface area contributed by atoms with Gasteiger partial charge in [-0.15, -0.1) is 0 Å². The third kappa shape index (κ3) is 3.60. The highest BCUT2D eigenvalue weighted by molar-refractivity contribution is 9.10. The molecule has 1 aliphatic rings. The van der Waals surface area contributed by atoms with Crippen molar-refractivity contribution in [1.82, 2.24) is 4.98 Å². The summed E-state index contributed by atoms with van der Waals surface area (Å²) in [5, 5.41) is 3.02. The smallest absolute Gasteiger partial charge is 0.258 e. The molecule has 24 heavy (non-hydrogen) atoms. The fourth-order valence-electron chi connectivity index (χ4n) is 2.32. The van der Waals surface area contributed by atoms with Crippen molar-refractivity contribution in [1.29, 1.82) is 0 Å². The number of aromatic nitrogens is 1. The zero-order valence-corrected chi connectivity index (χ0v) is 15.3. The quantitative estimate of drug-likeness (QED) is 0.767. The molecule has 2 heterocycles. The van der Waals surface area contributed by atoms with Crippen LogP contribution in [0, 0.1) is 0 Å². The van der Waals surface area contributed by atoms with Crippen molar-refractivity contribution in [3.63, 3.8) is 0 Å². The first-order chi connectivity index (χ1) is 11.6. The van der Waals surface area contributed by atoms with Gasteiger partial charge in [-0.05, 0) is 36.8 Å². The van der Waals surface area contributed by atoms with E-state index < -0.39 is 0 Å². The lowest BCUT2D eigenvalue weighted by molar-refractivity contribution is 0.102. The number of carbonyl (C=O) groups excluding carboxylic acids is 1. The Bertz CT molecular complexity index is 810. The summed E-state index contributed by atoms with van der Waals surface area (Å²) in [7, 11) is 0. The molecule has 0 fully saturated rings.